The van der Waals surface area contributed by atoms with Gasteiger partial charge < -0.3 is 10.4 Å². The summed E-state index contributed by atoms with van der Waals surface area (Å²) in [7, 11) is 0. The van der Waals surface area contributed by atoms with Crippen molar-refractivity contribution in [3.63, 3.8) is 0 Å². The van der Waals surface area contributed by atoms with Crippen LogP contribution in [0.15, 0.2) is 22.7 Å². The van der Waals surface area contributed by atoms with E-state index in [1.165, 1.54) is 12.1 Å². The molecule has 2 rings (SSSR count). The number of hydrogen-bond acceptors (Lipinski definition) is 2. The van der Waals surface area contributed by atoms with Crippen molar-refractivity contribution < 1.29 is 9.50 Å². The summed E-state index contributed by atoms with van der Waals surface area (Å²) in [5.41, 5.74) is 0.629. The van der Waals surface area contributed by atoms with E-state index in [2.05, 4.69) is 28.2 Å². The minimum atomic E-state index is -0.663. The molecule has 0 aromatic heterocycles. The maximum atomic E-state index is 13.3. The van der Waals surface area contributed by atoms with Gasteiger partial charge in [0.15, 0.2) is 0 Å². The van der Waals surface area contributed by atoms with Gasteiger partial charge in [-0.15, -0.1) is 0 Å². The first-order chi connectivity index (χ1) is 8.61. The lowest BCUT2D eigenvalue weighted by Gasteiger charge is -2.33. The van der Waals surface area contributed by atoms with Crippen LogP contribution < -0.4 is 5.32 Å². The molecular formula is C14H19BrFNO. The largest absolute Gasteiger partial charge is 0.387 e. The van der Waals surface area contributed by atoms with E-state index in [0.29, 0.717) is 11.5 Å². The van der Waals surface area contributed by atoms with Crippen LogP contribution in [0.5, 0.6) is 0 Å². The molecule has 1 fully saturated rings. The number of rotatable bonds is 3. The van der Waals surface area contributed by atoms with Crippen LogP contribution in [0, 0.1) is 11.7 Å². The SMILES string of the molecule is CCC1CCNC(C(O)c2cc(F)ccc2Br)C1. The number of aliphatic hydroxyl groups is 1. The van der Waals surface area contributed by atoms with Gasteiger partial charge in [-0.1, -0.05) is 29.3 Å². The molecule has 1 aliphatic heterocycles. The molecular weight excluding hydrogens is 297 g/mol. The highest BCUT2D eigenvalue weighted by Gasteiger charge is 2.28. The number of hydrogen-bond donors (Lipinski definition) is 2. The van der Waals surface area contributed by atoms with Gasteiger partial charge >= 0.3 is 0 Å². The Morgan fingerprint density at radius 3 is 3.06 bits per heavy atom. The van der Waals surface area contributed by atoms with Crippen LogP contribution in [0.3, 0.4) is 0 Å². The van der Waals surface area contributed by atoms with Crippen LogP contribution in [0.2, 0.25) is 0 Å². The second-order valence-corrected chi connectivity index (χ2v) is 5.82. The Kier molecular flexibility index (Phi) is 4.76. The number of benzene rings is 1. The van der Waals surface area contributed by atoms with Gasteiger partial charge in [0, 0.05) is 10.5 Å². The number of halogens is 2. The molecule has 1 heterocycles. The van der Waals surface area contributed by atoms with Crippen molar-refractivity contribution in [1.82, 2.24) is 5.32 Å². The van der Waals surface area contributed by atoms with E-state index in [0.717, 1.165) is 30.3 Å². The molecule has 100 valence electrons. The molecule has 0 amide bonds. The summed E-state index contributed by atoms with van der Waals surface area (Å²) in [6, 6.07) is 4.46. The summed E-state index contributed by atoms with van der Waals surface area (Å²) in [5, 5.41) is 13.7. The fraction of sp³-hybridized carbons (Fsp3) is 0.571. The summed E-state index contributed by atoms with van der Waals surface area (Å²) in [4.78, 5) is 0. The van der Waals surface area contributed by atoms with Crippen LogP contribution in [0.25, 0.3) is 0 Å². The van der Waals surface area contributed by atoms with Gasteiger partial charge in [-0.25, -0.2) is 4.39 Å². The lowest BCUT2D eigenvalue weighted by Crippen LogP contribution is -2.42. The smallest absolute Gasteiger partial charge is 0.123 e. The highest BCUT2D eigenvalue weighted by atomic mass is 79.9. The Hall–Kier alpha value is -0.450. The lowest BCUT2D eigenvalue weighted by atomic mass is 9.86. The third-order valence-electron chi connectivity index (χ3n) is 3.78. The molecule has 1 aromatic carbocycles. The van der Waals surface area contributed by atoms with Crippen LogP contribution in [0.4, 0.5) is 4.39 Å². The summed E-state index contributed by atoms with van der Waals surface area (Å²) < 4.78 is 14.0. The third kappa shape index (κ3) is 3.11. The molecule has 0 radical (unpaired) electrons. The average molecular weight is 316 g/mol. The van der Waals surface area contributed by atoms with Gasteiger partial charge in [0.25, 0.3) is 0 Å². The quantitative estimate of drug-likeness (QED) is 0.896. The molecule has 3 unspecified atom stereocenters. The zero-order chi connectivity index (χ0) is 13.1. The Labute approximate surface area is 116 Å². The molecule has 4 heteroatoms. The molecule has 3 atom stereocenters. The Morgan fingerprint density at radius 1 is 1.56 bits per heavy atom. The van der Waals surface area contributed by atoms with Gasteiger partial charge in [-0.3, -0.25) is 0 Å². The van der Waals surface area contributed by atoms with Gasteiger partial charge in [-0.05, 0) is 49.1 Å². The van der Waals surface area contributed by atoms with E-state index in [1.807, 2.05) is 0 Å². The maximum Gasteiger partial charge on any atom is 0.123 e. The first-order valence-electron chi connectivity index (χ1n) is 6.48. The normalized spacial score (nSPS) is 26.0. The molecule has 0 bridgehead atoms. The van der Waals surface area contributed by atoms with Crippen molar-refractivity contribution in [3.05, 3.63) is 34.1 Å². The molecule has 1 aromatic rings. The Balaban J connectivity index is 2.14. The van der Waals surface area contributed by atoms with Gasteiger partial charge in [-0.2, -0.15) is 0 Å². The van der Waals surface area contributed by atoms with E-state index < -0.39 is 6.10 Å². The maximum absolute atomic E-state index is 13.3. The van der Waals surface area contributed by atoms with Gasteiger partial charge in [0.2, 0.25) is 0 Å². The first-order valence-corrected chi connectivity index (χ1v) is 7.27. The molecule has 0 aliphatic carbocycles. The standard InChI is InChI=1S/C14H19BrFNO/c1-2-9-5-6-17-13(7-9)14(18)11-8-10(16)3-4-12(11)15/h3-4,8-9,13-14,17-18H,2,5-7H2,1H3. The molecule has 0 saturated carbocycles. The molecule has 1 aliphatic rings. The van der Waals surface area contributed by atoms with Gasteiger partial charge in [0.1, 0.15) is 5.82 Å². The fourth-order valence-corrected chi connectivity index (χ4v) is 3.08. The summed E-state index contributed by atoms with van der Waals surface area (Å²) in [6.45, 7) is 3.10. The van der Waals surface area contributed by atoms with Crippen molar-refractivity contribution >= 4 is 15.9 Å². The highest BCUT2D eigenvalue weighted by molar-refractivity contribution is 9.10. The van der Waals surface area contributed by atoms with Crippen molar-refractivity contribution in [2.45, 2.75) is 38.3 Å². The lowest BCUT2D eigenvalue weighted by molar-refractivity contribution is 0.0970. The van der Waals surface area contributed by atoms with E-state index in [1.54, 1.807) is 6.07 Å². The monoisotopic (exact) mass is 315 g/mol. The van der Waals surface area contributed by atoms with Crippen LogP contribution >= 0.6 is 15.9 Å². The first kappa shape index (κ1) is 14.0. The van der Waals surface area contributed by atoms with Crippen molar-refractivity contribution in [1.29, 1.82) is 0 Å². The molecule has 2 nitrogen and oxygen atoms in total. The molecule has 1 saturated heterocycles. The molecule has 0 spiro atoms. The third-order valence-corrected chi connectivity index (χ3v) is 4.50. The zero-order valence-electron chi connectivity index (χ0n) is 10.5. The number of nitrogens with one attached hydrogen (secondary N) is 1. The molecule has 18 heavy (non-hydrogen) atoms. The summed E-state index contributed by atoms with van der Waals surface area (Å²) in [6.07, 6.45) is 2.57. The average Bonchev–Trinajstić information content (AvgIpc) is 2.41. The van der Waals surface area contributed by atoms with Crippen molar-refractivity contribution in [2.24, 2.45) is 5.92 Å². The van der Waals surface area contributed by atoms with Crippen molar-refractivity contribution in [3.8, 4) is 0 Å². The van der Waals surface area contributed by atoms with E-state index >= 15 is 0 Å². The van der Waals surface area contributed by atoms with E-state index in [9.17, 15) is 9.50 Å². The highest BCUT2D eigenvalue weighted by Crippen LogP contribution is 2.31. The van der Waals surface area contributed by atoms with E-state index in [4.69, 9.17) is 0 Å². The predicted molar refractivity (Wildman–Crippen MR) is 73.9 cm³/mol. The minimum Gasteiger partial charge on any atom is -0.387 e. The Bertz CT molecular complexity index is 413. The predicted octanol–water partition coefficient (Wildman–Crippen LogP) is 3.40. The minimum absolute atomic E-state index is 0.0156. The zero-order valence-corrected chi connectivity index (χ0v) is 12.1. The van der Waals surface area contributed by atoms with Crippen molar-refractivity contribution in [2.75, 3.05) is 6.54 Å². The molecule has 2 N–H and O–H groups in total. The number of piperidine rings is 1. The van der Waals surface area contributed by atoms with Crippen LogP contribution in [-0.2, 0) is 0 Å². The summed E-state index contributed by atoms with van der Waals surface area (Å²) >= 11 is 3.38. The Morgan fingerprint density at radius 2 is 2.33 bits per heavy atom. The summed E-state index contributed by atoms with van der Waals surface area (Å²) in [5.74, 6) is 0.341. The number of aliphatic hydroxyl groups excluding tert-OH is 1. The second-order valence-electron chi connectivity index (χ2n) is 4.97. The van der Waals surface area contributed by atoms with Crippen LogP contribution in [0.1, 0.15) is 37.9 Å². The van der Waals surface area contributed by atoms with E-state index in [-0.39, 0.29) is 11.9 Å². The second kappa shape index (κ2) is 6.13. The fourth-order valence-electron chi connectivity index (χ4n) is 2.60. The van der Waals surface area contributed by atoms with Gasteiger partial charge in [0.05, 0.1) is 6.10 Å². The van der Waals surface area contributed by atoms with Crippen LogP contribution in [-0.4, -0.2) is 17.7 Å². The topological polar surface area (TPSA) is 32.3 Å².